The van der Waals surface area contributed by atoms with Gasteiger partial charge < -0.3 is 0 Å². The molecule has 0 unspecified atom stereocenters. The van der Waals surface area contributed by atoms with Crippen molar-refractivity contribution in [3.63, 3.8) is 0 Å². The highest BCUT2D eigenvalue weighted by atomic mass is 15.3. The molecule has 1 heterocycles. The Kier molecular flexibility index (Phi) is 2.83. The zero-order valence-corrected chi connectivity index (χ0v) is 10.2. The van der Waals surface area contributed by atoms with Crippen molar-refractivity contribution >= 4 is 0 Å². The fourth-order valence-electron chi connectivity index (χ4n) is 2.07. The standard InChI is InChI=1S/C16H11N3/c17-11-14-12-18-19(15-9-5-2-6-10-15)16(14)13-7-3-1-4-8-13/h1-10,12H. The lowest BCUT2D eigenvalue weighted by molar-refractivity contribution is 0.888. The molecule has 0 aliphatic carbocycles. The zero-order valence-electron chi connectivity index (χ0n) is 10.2. The summed E-state index contributed by atoms with van der Waals surface area (Å²) in [4.78, 5) is 0. The molecule has 0 fully saturated rings. The summed E-state index contributed by atoms with van der Waals surface area (Å²) < 4.78 is 1.80. The summed E-state index contributed by atoms with van der Waals surface area (Å²) >= 11 is 0. The summed E-state index contributed by atoms with van der Waals surface area (Å²) in [6, 6.07) is 21.9. The van der Waals surface area contributed by atoms with Gasteiger partial charge in [-0.05, 0) is 12.1 Å². The predicted molar refractivity (Wildman–Crippen MR) is 73.7 cm³/mol. The molecule has 2 aromatic carbocycles. The second-order valence-corrected chi connectivity index (χ2v) is 4.13. The largest absolute Gasteiger partial charge is 0.232 e. The van der Waals surface area contributed by atoms with E-state index in [9.17, 15) is 5.26 Å². The molecule has 1 aromatic heterocycles. The van der Waals surface area contributed by atoms with E-state index in [0.717, 1.165) is 16.9 Å². The molecule has 3 heteroatoms. The van der Waals surface area contributed by atoms with Crippen molar-refractivity contribution in [2.24, 2.45) is 0 Å². The van der Waals surface area contributed by atoms with Gasteiger partial charge in [0.25, 0.3) is 0 Å². The highest BCUT2D eigenvalue weighted by Crippen LogP contribution is 2.25. The van der Waals surface area contributed by atoms with Gasteiger partial charge in [-0.25, -0.2) is 4.68 Å². The van der Waals surface area contributed by atoms with Crippen LogP contribution in [0.1, 0.15) is 5.56 Å². The number of hydrogen-bond donors (Lipinski definition) is 0. The van der Waals surface area contributed by atoms with Crippen LogP contribution in [0.3, 0.4) is 0 Å². The molecule has 0 saturated carbocycles. The van der Waals surface area contributed by atoms with Gasteiger partial charge in [0.1, 0.15) is 6.07 Å². The van der Waals surface area contributed by atoms with Gasteiger partial charge in [-0.3, -0.25) is 0 Å². The minimum Gasteiger partial charge on any atom is -0.232 e. The fraction of sp³-hybridized carbons (Fsp3) is 0. The number of benzene rings is 2. The number of aromatic nitrogens is 2. The summed E-state index contributed by atoms with van der Waals surface area (Å²) in [6.45, 7) is 0. The van der Waals surface area contributed by atoms with Crippen LogP contribution in [0.2, 0.25) is 0 Å². The van der Waals surface area contributed by atoms with Crippen LogP contribution >= 0.6 is 0 Å². The average molecular weight is 245 g/mol. The first-order valence-corrected chi connectivity index (χ1v) is 5.99. The topological polar surface area (TPSA) is 41.6 Å². The molecule has 0 radical (unpaired) electrons. The number of hydrogen-bond acceptors (Lipinski definition) is 2. The first kappa shape index (κ1) is 11.2. The van der Waals surface area contributed by atoms with Crippen molar-refractivity contribution in [1.82, 2.24) is 9.78 Å². The number of nitrogens with zero attached hydrogens (tertiary/aromatic N) is 3. The zero-order chi connectivity index (χ0) is 13.1. The molecule has 0 bridgehead atoms. The molecule has 19 heavy (non-hydrogen) atoms. The van der Waals surface area contributed by atoms with Crippen LogP contribution < -0.4 is 0 Å². The van der Waals surface area contributed by atoms with Crippen molar-refractivity contribution < 1.29 is 0 Å². The summed E-state index contributed by atoms with van der Waals surface area (Å²) in [5.41, 5.74) is 3.34. The molecular formula is C16H11N3. The molecule has 0 N–H and O–H groups in total. The second kappa shape index (κ2) is 4.79. The van der Waals surface area contributed by atoms with E-state index in [1.807, 2.05) is 60.7 Å². The van der Waals surface area contributed by atoms with Crippen LogP contribution in [-0.4, -0.2) is 9.78 Å². The van der Waals surface area contributed by atoms with Crippen LogP contribution in [-0.2, 0) is 0 Å². The van der Waals surface area contributed by atoms with Crippen LogP contribution in [0.15, 0.2) is 66.9 Å². The third-order valence-corrected chi connectivity index (χ3v) is 2.94. The Balaban J connectivity index is 2.24. The van der Waals surface area contributed by atoms with Crippen molar-refractivity contribution in [2.45, 2.75) is 0 Å². The van der Waals surface area contributed by atoms with E-state index >= 15 is 0 Å². The normalized spacial score (nSPS) is 10.1. The average Bonchev–Trinajstić information content (AvgIpc) is 2.93. The predicted octanol–water partition coefficient (Wildman–Crippen LogP) is 3.41. The number of para-hydroxylation sites is 1. The molecule has 90 valence electrons. The van der Waals surface area contributed by atoms with E-state index in [4.69, 9.17) is 0 Å². The molecule has 3 rings (SSSR count). The molecule has 0 amide bonds. The third kappa shape index (κ3) is 2.00. The highest BCUT2D eigenvalue weighted by Gasteiger charge is 2.13. The van der Waals surface area contributed by atoms with E-state index in [0.29, 0.717) is 5.56 Å². The first-order valence-electron chi connectivity index (χ1n) is 5.99. The quantitative estimate of drug-likeness (QED) is 0.694. The fourth-order valence-corrected chi connectivity index (χ4v) is 2.07. The van der Waals surface area contributed by atoms with Crippen LogP contribution in [0, 0.1) is 11.3 Å². The van der Waals surface area contributed by atoms with E-state index in [1.54, 1.807) is 10.9 Å². The van der Waals surface area contributed by atoms with Crippen molar-refractivity contribution in [2.75, 3.05) is 0 Å². The Morgan fingerprint density at radius 1 is 0.895 bits per heavy atom. The van der Waals surface area contributed by atoms with E-state index in [1.165, 1.54) is 0 Å². The molecule has 0 spiro atoms. The Morgan fingerprint density at radius 3 is 2.16 bits per heavy atom. The molecule has 3 nitrogen and oxygen atoms in total. The lowest BCUT2D eigenvalue weighted by atomic mass is 10.1. The maximum atomic E-state index is 9.24. The van der Waals surface area contributed by atoms with Gasteiger partial charge in [-0.2, -0.15) is 10.4 Å². The monoisotopic (exact) mass is 245 g/mol. The summed E-state index contributed by atoms with van der Waals surface area (Å²) in [5, 5.41) is 13.6. The van der Waals surface area contributed by atoms with Gasteiger partial charge in [0.05, 0.1) is 23.1 Å². The van der Waals surface area contributed by atoms with Crippen LogP contribution in [0.25, 0.3) is 16.9 Å². The molecule has 0 atom stereocenters. The smallest absolute Gasteiger partial charge is 0.103 e. The van der Waals surface area contributed by atoms with Gasteiger partial charge in [0.15, 0.2) is 0 Å². The number of rotatable bonds is 2. The first-order chi connectivity index (χ1) is 9.40. The lowest BCUT2D eigenvalue weighted by Gasteiger charge is -2.07. The van der Waals surface area contributed by atoms with Crippen molar-refractivity contribution in [1.29, 1.82) is 5.26 Å². The van der Waals surface area contributed by atoms with Gasteiger partial charge in [-0.1, -0.05) is 48.5 Å². The van der Waals surface area contributed by atoms with Crippen molar-refractivity contribution in [3.05, 3.63) is 72.4 Å². The summed E-state index contributed by atoms with van der Waals surface area (Å²) in [7, 11) is 0. The Hall–Kier alpha value is -2.86. The minimum atomic E-state index is 0.579. The van der Waals surface area contributed by atoms with E-state index < -0.39 is 0 Å². The van der Waals surface area contributed by atoms with Gasteiger partial charge in [0.2, 0.25) is 0 Å². The Labute approximate surface area is 111 Å². The molecular weight excluding hydrogens is 234 g/mol. The summed E-state index contributed by atoms with van der Waals surface area (Å²) in [6.07, 6.45) is 1.61. The van der Waals surface area contributed by atoms with Gasteiger partial charge in [0, 0.05) is 5.56 Å². The third-order valence-electron chi connectivity index (χ3n) is 2.94. The van der Waals surface area contributed by atoms with E-state index in [-0.39, 0.29) is 0 Å². The SMILES string of the molecule is N#Cc1cnn(-c2ccccc2)c1-c1ccccc1. The molecule has 0 aliphatic heterocycles. The Morgan fingerprint density at radius 2 is 1.53 bits per heavy atom. The molecule has 0 aliphatic rings. The summed E-state index contributed by atoms with van der Waals surface area (Å²) in [5.74, 6) is 0. The van der Waals surface area contributed by atoms with Crippen LogP contribution in [0.4, 0.5) is 0 Å². The maximum absolute atomic E-state index is 9.24. The van der Waals surface area contributed by atoms with E-state index in [2.05, 4.69) is 11.2 Å². The minimum absolute atomic E-state index is 0.579. The van der Waals surface area contributed by atoms with Crippen LogP contribution in [0.5, 0.6) is 0 Å². The van der Waals surface area contributed by atoms with Crippen molar-refractivity contribution in [3.8, 4) is 23.0 Å². The van der Waals surface area contributed by atoms with Gasteiger partial charge >= 0.3 is 0 Å². The Bertz CT molecular complexity index is 722. The lowest BCUT2D eigenvalue weighted by Crippen LogP contribution is -1.99. The highest BCUT2D eigenvalue weighted by molar-refractivity contribution is 5.68. The second-order valence-electron chi connectivity index (χ2n) is 4.13. The maximum Gasteiger partial charge on any atom is 0.103 e. The van der Waals surface area contributed by atoms with Gasteiger partial charge in [-0.15, -0.1) is 0 Å². The molecule has 0 saturated heterocycles. The molecule has 3 aromatic rings. The number of nitriles is 1.